The van der Waals surface area contributed by atoms with Gasteiger partial charge in [-0.15, -0.1) is 0 Å². The van der Waals surface area contributed by atoms with Crippen molar-refractivity contribution in [3.05, 3.63) is 71.4 Å². The number of hydrogen-bond donors (Lipinski definition) is 2. The minimum absolute atomic E-state index is 0.0111. The van der Waals surface area contributed by atoms with Crippen molar-refractivity contribution in [2.24, 2.45) is 0 Å². The molecule has 5 nitrogen and oxygen atoms in total. The average Bonchev–Trinajstić information content (AvgIpc) is 3.08. The van der Waals surface area contributed by atoms with Gasteiger partial charge < -0.3 is 14.7 Å². The monoisotopic (exact) mass is 350 g/mol. The van der Waals surface area contributed by atoms with Crippen LogP contribution in [0.5, 0.6) is 0 Å². The van der Waals surface area contributed by atoms with E-state index in [0.717, 1.165) is 33.2 Å². The molecule has 0 saturated heterocycles. The van der Waals surface area contributed by atoms with Gasteiger partial charge in [-0.3, -0.25) is 4.79 Å². The Morgan fingerprint density at radius 1 is 1.12 bits per heavy atom. The van der Waals surface area contributed by atoms with E-state index in [1.165, 1.54) is 5.56 Å². The molecule has 1 unspecified atom stereocenters. The van der Waals surface area contributed by atoms with Gasteiger partial charge in [-0.2, -0.15) is 0 Å². The van der Waals surface area contributed by atoms with Crippen LogP contribution in [0.3, 0.4) is 0 Å². The molecule has 0 radical (unpaired) electrons. The number of aromatic nitrogens is 1. The fourth-order valence-corrected chi connectivity index (χ4v) is 2.86. The third-order valence-corrected chi connectivity index (χ3v) is 4.44. The highest BCUT2D eigenvalue weighted by atomic mass is 16.5. The molecule has 5 heteroatoms. The first kappa shape index (κ1) is 17.9. The molecule has 1 heterocycles. The van der Waals surface area contributed by atoms with E-state index in [-0.39, 0.29) is 5.91 Å². The zero-order valence-electron chi connectivity index (χ0n) is 15.4. The van der Waals surface area contributed by atoms with Crippen molar-refractivity contribution < 1.29 is 14.2 Å². The standard InChI is InChI=1S/C21H23N3O2/c1-15-8-7-11-19(16(15)2)22-21(25)14-24(3)13-18-12-20(26-23-18)17-9-5-4-6-10-17/h4-12H,13-14H2,1-3H3,(H,22,25)/p+1. The molecule has 3 aromatic rings. The molecule has 3 rings (SSSR count). The Morgan fingerprint density at radius 2 is 1.88 bits per heavy atom. The molecule has 0 spiro atoms. The topological polar surface area (TPSA) is 59.6 Å². The zero-order chi connectivity index (χ0) is 18.5. The van der Waals surface area contributed by atoms with E-state index in [4.69, 9.17) is 4.52 Å². The molecule has 0 saturated carbocycles. The van der Waals surface area contributed by atoms with Crippen LogP contribution in [0.15, 0.2) is 59.1 Å². The Hall–Kier alpha value is -2.92. The third kappa shape index (κ3) is 4.37. The molecule has 134 valence electrons. The largest absolute Gasteiger partial charge is 0.356 e. The first-order valence-corrected chi connectivity index (χ1v) is 8.71. The van der Waals surface area contributed by atoms with Crippen LogP contribution in [0.4, 0.5) is 5.69 Å². The van der Waals surface area contributed by atoms with Gasteiger partial charge in [0, 0.05) is 17.3 Å². The van der Waals surface area contributed by atoms with Crippen LogP contribution < -0.4 is 10.2 Å². The number of aryl methyl sites for hydroxylation is 1. The quantitative estimate of drug-likeness (QED) is 0.718. The summed E-state index contributed by atoms with van der Waals surface area (Å²) in [6, 6.07) is 17.7. The third-order valence-electron chi connectivity index (χ3n) is 4.44. The number of anilines is 1. The van der Waals surface area contributed by atoms with E-state index in [2.05, 4.69) is 10.5 Å². The lowest BCUT2D eigenvalue weighted by Gasteiger charge is -2.14. The maximum absolute atomic E-state index is 12.3. The lowest BCUT2D eigenvalue weighted by molar-refractivity contribution is -0.885. The second-order valence-electron chi connectivity index (χ2n) is 6.65. The number of nitrogens with zero attached hydrogens (tertiary/aromatic N) is 1. The summed E-state index contributed by atoms with van der Waals surface area (Å²) in [5, 5.41) is 7.12. The normalized spacial score (nSPS) is 12.0. The van der Waals surface area contributed by atoms with Gasteiger partial charge in [0.25, 0.3) is 5.91 Å². The molecule has 0 aliphatic rings. The van der Waals surface area contributed by atoms with Crippen molar-refractivity contribution in [2.75, 3.05) is 18.9 Å². The molecule has 0 bridgehead atoms. The fourth-order valence-electron chi connectivity index (χ4n) is 2.86. The number of carbonyl (C=O) groups excluding carboxylic acids is 1. The SMILES string of the molecule is Cc1cccc(NC(=O)C[NH+](C)Cc2cc(-c3ccccc3)on2)c1C. The molecule has 26 heavy (non-hydrogen) atoms. The van der Waals surface area contributed by atoms with Gasteiger partial charge in [0.1, 0.15) is 12.2 Å². The number of benzene rings is 2. The highest BCUT2D eigenvalue weighted by Crippen LogP contribution is 2.19. The van der Waals surface area contributed by atoms with Crippen LogP contribution in [-0.4, -0.2) is 24.7 Å². The molecular formula is C21H24N3O2+. The maximum atomic E-state index is 12.3. The minimum atomic E-state index is -0.0111. The molecule has 0 fully saturated rings. The van der Waals surface area contributed by atoms with Crippen LogP contribution in [-0.2, 0) is 11.3 Å². The molecule has 1 amide bonds. The first-order chi connectivity index (χ1) is 12.5. The molecular weight excluding hydrogens is 326 g/mol. The van der Waals surface area contributed by atoms with Crippen molar-refractivity contribution in [1.29, 1.82) is 0 Å². The van der Waals surface area contributed by atoms with Crippen LogP contribution >= 0.6 is 0 Å². The van der Waals surface area contributed by atoms with Gasteiger partial charge in [-0.25, -0.2) is 0 Å². The van der Waals surface area contributed by atoms with Crippen LogP contribution in [0.1, 0.15) is 16.8 Å². The van der Waals surface area contributed by atoms with E-state index >= 15 is 0 Å². The summed E-state index contributed by atoms with van der Waals surface area (Å²) in [5.74, 6) is 0.733. The minimum Gasteiger partial charge on any atom is -0.356 e. The highest BCUT2D eigenvalue weighted by molar-refractivity contribution is 5.92. The Kier molecular flexibility index (Phi) is 5.49. The summed E-state index contributed by atoms with van der Waals surface area (Å²) in [6.07, 6.45) is 0. The van der Waals surface area contributed by atoms with Crippen molar-refractivity contribution in [3.8, 4) is 11.3 Å². The number of amides is 1. The Bertz CT molecular complexity index is 887. The summed E-state index contributed by atoms with van der Waals surface area (Å²) >= 11 is 0. The number of rotatable bonds is 6. The van der Waals surface area contributed by atoms with Gasteiger partial charge in [-0.1, -0.05) is 47.6 Å². The van der Waals surface area contributed by atoms with Crippen LogP contribution in [0.2, 0.25) is 0 Å². The van der Waals surface area contributed by atoms with Crippen molar-refractivity contribution in [3.63, 3.8) is 0 Å². The summed E-state index contributed by atoms with van der Waals surface area (Å²) in [7, 11) is 1.97. The van der Waals surface area contributed by atoms with Gasteiger partial charge in [0.15, 0.2) is 12.3 Å². The van der Waals surface area contributed by atoms with E-state index < -0.39 is 0 Å². The number of quaternary nitrogens is 1. The van der Waals surface area contributed by atoms with Gasteiger partial charge in [0.2, 0.25) is 0 Å². The smallest absolute Gasteiger partial charge is 0.279 e. The Balaban J connectivity index is 1.57. The summed E-state index contributed by atoms with van der Waals surface area (Å²) < 4.78 is 5.42. The number of nitrogens with one attached hydrogen (secondary N) is 2. The number of carbonyl (C=O) groups is 1. The number of hydrogen-bond acceptors (Lipinski definition) is 3. The molecule has 0 aliphatic carbocycles. The predicted octanol–water partition coefficient (Wildman–Crippen LogP) is 2.61. The van der Waals surface area contributed by atoms with Gasteiger partial charge in [0.05, 0.1) is 7.05 Å². The van der Waals surface area contributed by atoms with Crippen molar-refractivity contribution in [2.45, 2.75) is 20.4 Å². The second kappa shape index (κ2) is 7.97. The summed E-state index contributed by atoms with van der Waals surface area (Å²) in [6.45, 7) is 5.04. The molecule has 1 atom stereocenters. The predicted molar refractivity (Wildman–Crippen MR) is 102 cm³/mol. The summed E-state index contributed by atoms with van der Waals surface area (Å²) in [4.78, 5) is 13.4. The number of likely N-dealkylation sites (N-methyl/N-ethyl adjacent to an activating group) is 1. The van der Waals surface area contributed by atoms with E-state index in [1.807, 2.05) is 75.5 Å². The molecule has 1 aromatic heterocycles. The zero-order valence-corrected chi connectivity index (χ0v) is 15.4. The van der Waals surface area contributed by atoms with E-state index in [1.54, 1.807) is 0 Å². The molecule has 0 aliphatic heterocycles. The lowest BCUT2D eigenvalue weighted by atomic mass is 10.1. The van der Waals surface area contributed by atoms with Gasteiger partial charge in [-0.05, 0) is 31.0 Å². The van der Waals surface area contributed by atoms with Gasteiger partial charge >= 0.3 is 0 Å². The summed E-state index contributed by atoms with van der Waals surface area (Å²) in [5.41, 5.74) is 4.97. The maximum Gasteiger partial charge on any atom is 0.279 e. The average molecular weight is 350 g/mol. The molecule has 2 N–H and O–H groups in total. The fraction of sp³-hybridized carbons (Fsp3) is 0.238. The first-order valence-electron chi connectivity index (χ1n) is 8.71. The van der Waals surface area contributed by atoms with Crippen LogP contribution in [0, 0.1) is 13.8 Å². The molecule has 2 aromatic carbocycles. The van der Waals surface area contributed by atoms with Crippen molar-refractivity contribution in [1.82, 2.24) is 5.16 Å². The highest BCUT2D eigenvalue weighted by Gasteiger charge is 2.15. The van der Waals surface area contributed by atoms with Crippen molar-refractivity contribution >= 4 is 11.6 Å². The van der Waals surface area contributed by atoms with E-state index in [0.29, 0.717) is 13.1 Å². The Labute approximate surface area is 153 Å². The Morgan fingerprint density at radius 3 is 2.65 bits per heavy atom. The lowest BCUT2D eigenvalue weighted by Crippen LogP contribution is -3.08. The second-order valence-corrected chi connectivity index (χ2v) is 6.65. The van der Waals surface area contributed by atoms with E-state index in [9.17, 15) is 4.79 Å². The van der Waals surface area contributed by atoms with Crippen LogP contribution in [0.25, 0.3) is 11.3 Å².